The molecule has 2 amide bonds. The van der Waals surface area contributed by atoms with Crippen molar-refractivity contribution >= 4 is 40.6 Å². The summed E-state index contributed by atoms with van der Waals surface area (Å²) in [6, 6.07) is 21.7. The molecular weight excluding hydrogens is 462 g/mol. The number of amides is 2. The maximum Gasteiger partial charge on any atom is 0.251 e. The Labute approximate surface area is 207 Å². The predicted molar refractivity (Wildman–Crippen MR) is 132 cm³/mol. The molecule has 4 atom stereocenters. The fourth-order valence-electron chi connectivity index (χ4n) is 7.36. The van der Waals surface area contributed by atoms with Gasteiger partial charge in [-0.1, -0.05) is 60.1 Å². The lowest BCUT2D eigenvalue weighted by Crippen LogP contribution is -2.62. The Morgan fingerprint density at radius 1 is 0.857 bits per heavy atom. The number of para-hydroxylation sites is 2. The van der Waals surface area contributed by atoms with E-state index in [1.165, 1.54) is 0 Å². The van der Waals surface area contributed by atoms with Crippen LogP contribution in [0.3, 0.4) is 0 Å². The first kappa shape index (κ1) is 20.9. The molecule has 6 nitrogen and oxygen atoms in total. The molecule has 0 aliphatic carbocycles. The van der Waals surface area contributed by atoms with Gasteiger partial charge in [-0.05, 0) is 49.2 Å². The lowest BCUT2D eigenvalue weighted by molar-refractivity contribution is -0.137. The molecule has 7 heteroatoms. The van der Waals surface area contributed by atoms with Gasteiger partial charge in [0.1, 0.15) is 11.0 Å². The van der Waals surface area contributed by atoms with Crippen LogP contribution in [0.25, 0.3) is 0 Å². The second-order valence-electron chi connectivity index (χ2n) is 9.74. The molecule has 0 bridgehead atoms. The zero-order valence-corrected chi connectivity index (χ0v) is 19.5. The largest absolute Gasteiger partial charge is 0.325 e. The molecule has 35 heavy (non-hydrogen) atoms. The molecule has 174 valence electrons. The Balaban J connectivity index is 1.61. The fourth-order valence-corrected chi connectivity index (χ4v) is 7.59. The Morgan fingerprint density at radius 2 is 1.49 bits per heavy atom. The monoisotopic (exact) mass is 483 g/mol. The minimum Gasteiger partial charge on any atom is -0.325 e. The van der Waals surface area contributed by atoms with Gasteiger partial charge in [0.05, 0.1) is 10.9 Å². The van der Waals surface area contributed by atoms with Gasteiger partial charge in [-0.15, -0.1) is 0 Å². The molecule has 2 saturated heterocycles. The summed E-state index contributed by atoms with van der Waals surface area (Å²) in [5.74, 6) is -1.56. The number of hydrogen-bond donors (Lipinski definition) is 2. The average molecular weight is 484 g/mol. The van der Waals surface area contributed by atoms with Gasteiger partial charge in [0, 0.05) is 28.5 Å². The van der Waals surface area contributed by atoms with Crippen LogP contribution >= 0.6 is 11.6 Å². The van der Waals surface area contributed by atoms with E-state index in [0.717, 1.165) is 18.4 Å². The van der Waals surface area contributed by atoms with Gasteiger partial charge in [-0.3, -0.25) is 19.3 Å². The van der Waals surface area contributed by atoms with E-state index in [-0.39, 0.29) is 23.6 Å². The quantitative estimate of drug-likeness (QED) is 0.531. The summed E-state index contributed by atoms with van der Waals surface area (Å²) in [4.78, 5) is 45.1. The first-order valence-electron chi connectivity index (χ1n) is 11.9. The average Bonchev–Trinajstić information content (AvgIpc) is 3.58. The smallest absolute Gasteiger partial charge is 0.251 e. The van der Waals surface area contributed by atoms with Crippen molar-refractivity contribution in [3.63, 3.8) is 0 Å². The molecule has 0 radical (unpaired) electrons. The van der Waals surface area contributed by atoms with Crippen LogP contribution in [0.1, 0.15) is 34.3 Å². The summed E-state index contributed by atoms with van der Waals surface area (Å²) in [7, 11) is 0. The minimum absolute atomic E-state index is 0.201. The zero-order valence-electron chi connectivity index (χ0n) is 18.8. The van der Waals surface area contributed by atoms with Crippen molar-refractivity contribution in [3.05, 3.63) is 94.5 Å². The molecule has 4 aliphatic heterocycles. The maximum atomic E-state index is 14.5. The molecule has 4 aliphatic rings. The van der Waals surface area contributed by atoms with Crippen molar-refractivity contribution in [3.8, 4) is 0 Å². The van der Waals surface area contributed by atoms with E-state index in [4.69, 9.17) is 11.6 Å². The topological polar surface area (TPSA) is 78.5 Å². The molecule has 2 spiro atoms. The number of hydrogen-bond acceptors (Lipinski definition) is 4. The lowest BCUT2D eigenvalue weighted by Gasteiger charge is -2.43. The van der Waals surface area contributed by atoms with Gasteiger partial charge in [-0.2, -0.15) is 0 Å². The summed E-state index contributed by atoms with van der Waals surface area (Å²) in [5, 5.41) is 6.45. The molecule has 3 aromatic carbocycles. The second-order valence-corrected chi connectivity index (χ2v) is 10.1. The van der Waals surface area contributed by atoms with Crippen molar-refractivity contribution in [1.29, 1.82) is 0 Å². The molecule has 0 saturated carbocycles. The molecular formula is C28H22ClN3O3. The van der Waals surface area contributed by atoms with Crippen LogP contribution in [0, 0.1) is 5.92 Å². The third-order valence-corrected chi connectivity index (χ3v) is 8.76. The molecule has 0 aromatic heterocycles. The van der Waals surface area contributed by atoms with Crippen LogP contribution in [-0.2, 0) is 20.5 Å². The van der Waals surface area contributed by atoms with Gasteiger partial charge in [0.15, 0.2) is 5.78 Å². The third kappa shape index (κ3) is 2.27. The van der Waals surface area contributed by atoms with Crippen molar-refractivity contribution in [1.82, 2.24) is 4.90 Å². The Bertz CT molecular complexity index is 1450. The van der Waals surface area contributed by atoms with Gasteiger partial charge < -0.3 is 10.6 Å². The van der Waals surface area contributed by atoms with Crippen molar-refractivity contribution in [2.24, 2.45) is 5.92 Å². The SMILES string of the molecule is O=C(c1ccccc1Cl)[C@@H]1[C@@H]2CCCN2[C@]2(C(=O)Nc3ccccc32)[C@@]12C(=O)Nc1ccccc12. The highest BCUT2D eigenvalue weighted by molar-refractivity contribution is 6.34. The van der Waals surface area contributed by atoms with Crippen molar-refractivity contribution in [2.75, 3.05) is 17.2 Å². The maximum absolute atomic E-state index is 14.5. The van der Waals surface area contributed by atoms with E-state index >= 15 is 0 Å². The molecule has 2 N–H and O–H groups in total. The van der Waals surface area contributed by atoms with E-state index < -0.39 is 16.9 Å². The second kappa shape index (κ2) is 7.03. The predicted octanol–water partition coefficient (Wildman–Crippen LogP) is 4.35. The molecule has 4 heterocycles. The Kier molecular flexibility index (Phi) is 4.19. The van der Waals surface area contributed by atoms with Crippen LogP contribution < -0.4 is 10.6 Å². The first-order valence-corrected chi connectivity index (χ1v) is 12.3. The highest BCUT2D eigenvalue weighted by Gasteiger charge is 2.81. The number of nitrogens with one attached hydrogen (secondary N) is 2. The molecule has 0 unspecified atom stereocenters. The van der Waals surface area contributed by atoms with Gasteiger partial charge >= 0.3 is 0 Å². The van der Waals surface area contributed by atoms with Crippen LogP contribution in [0.15, 0.2) is 72.8 Å². The van der Waals surface area contributed by atoms with E-state index in [0.29, 0.717) is 34.1 Å². The van der Waals surface area contributed by atoms with E-state index in [1.54, 1.807) is 24.3 Å². The Hall–Kier alpha value is -3.48. The highest BCUT2D eigenvalue weighted by Crippen LogP contribution is 2.67. The number of halogens is 1. The van der Waals surface area contributed by atoms with Crippen LogP contribution in [0.4, 0.5) is 11.4 Å². The molecule has 3 aromatic rings. The number of Topliss-reactive ketones (excluding diaryl/α,β-unsaturated/α-hetero) is 1. The normalized spacial score (nSPS) is 30.3. The van der Waals surface area contributed by atoms with Crippen LogP contribution in [0.2, 0.25) is 5.02 Å². The summed E-state index contributed by atoms with van der Waals surface area (Å²) < 4.78 is 0. The van der Waals surface area contributed by atoms with E-state index in [2.05, 4.69) is 15.5 Å². The van der Waals surface area contributed by atoms with Crippen LogP contribution in [-0.4, -0.2) is 35.1 Å². The van der Waals surface area contributed by atoms with Gasteiger partial charge in [-0.25, -0.2) is 0 Å². The Morgan fingerprint density at radius 3 is 2.26 bits per heavy atom. The van der Waals surface area contributed by atoms with Gasteiger partial charge in [0.25, 0.3) is 5.91 Å². The number of ketones is 1. The lowest BCUT2D eigenvalue weighted by atomic mass is 9.57. The standard InChI is InChI=1S/C28H22ClN3O3/c29-19-11-4-1-8-16(19)24(33)23-22-14-7-15-32(22)28(18-10-3-6-13-21(18)31-26(28)35)27(23)17-9-2-5-12-20(17)30-25(27)34/h1-6,8-13,22-23H,7,14-15H2,(H,30,34)(H,31,35)/t22-,23-,27+,28+/m0/s1. The third-order valence-electron chi connectivity index (χ3n) is 8.43. The van der Waals surface area contributed by atoms with Crippen molar-refractivity contribution < 1.29 is 14.4 Å². The summed E-state index contributed by atoms with van der Waals surface area (Å²) >= 11 is 6.52. The number of nitrogens with zero attached hydrogens (tertiary/aromatic N) is 1. The van der Waals surface area contributed by atoms with Crippen molar-refractivity contribution in [2.45, 2.75) is 29.8 Å². The zero-order chi connectivity index (χ0) is 23.9. The summed E-state index contributed by atoms with van der Waals surface area (Å²) in [6.45, 7) is 0.621. The summed E-state index contributed by atoms with van der Waals surface area (Å²) in [6.07, 6.45) is 1.56. The van der Waals surface area contributed by atoms with Gasteiger partial charge in [0.2, 0.25) is 5.91 Å². The highest BCUT2D eigenvalue weighted by atomic mass is 35.5. The molecule has 2 fully saturated rings. The van der Waals surface area contributed by atoms with E-state index in [1.807, 2.05) is 48.5 Å². The number of anilines is 2. The fraction of sp³-hybridized carbons (Fsp3) is 0.250. The number of carbonyl (C=O) groups is 3. The number of fused-ring (bicyclic) bond motifs is 7. The van der Waals surface area contributed by atoms with E-state index in [9.17, 15) is 14.4 Å². The first-order chi connectivity index (χ1) is 17.0. The molecule has 7 rings (SSSR count). The van der Waals surface area contributed by atoms with Crippen LogP contribution in [0.5, 0.6) is 0 Å². The summed E-state index contributed by atoms with van der Waals surface area (Å²) in [5.41, 5.74) is 0.365. The number of benzene rings is 3. The number of rotatable bonds is 2. The minimum atomic E-state index is -1.44. The number of carbonyl (C=O) groups excluding carboxylic acids is 3.